The van der Waals surface area contributed by atoms with Gasteiger partial charge in [-0.2, -0.15) is 0 Å². The van der Waals surface area contributed by atoms with Crippen LogP contribution in [0, 0.1) is 0 Å². The van der Waals surface area contributed by atoms with Crippen molar-refractivity contribution >= 4 is 17.7 Å². The number of nitrogens with one attached hydrogen (secondary N) is 1. The summed E-state index contributed by atoms with van der Waals surface area (Å²) >= 11 is 5.80. The van der Waals surface area contributed by atoms with Crippen molar-refractivity contribution in [1.82, 2.24) is 5.32 Å². The molecule has 0 atom stereocenters. The average molecular weight is 242 g/mol. The van der Waals surface area contributed by atoms with E-state index in [1.54, 1.807) is 0 Å². The molecule has 0 fully saturated rings. The Bertz CT molecular complexity index is 332. The van der Waals surface area contributed by atoms with Crippen molar-refractivity contribution in [2.45, 2.75) is 13.3 Å². The fourth-order valence-electron chi connectivity index (χ4n) is 1.37. The second-order valence-electron chi connectivity index (χ2n) is 3.76. The molecular weight excluding hydrogens is 225 g/mol. The smallest absolute Gasteiger partial charge is 0.0906 e. The molecule has 0 saturated heterocycles. The van der Waals surface area contributed by atoms with Gasteiger partial charge in [0.15, 0.2) is 0 Å². The minimum absolute atomic E-state index is 0.257. The van der Waals surface area contributed by atoms with Crippen LogP contribution in [0.3, 0.4) is 0 Å². The minimum Gasteiger partial charge on any atom is -0.313 e. The summed E-state index contributed by atoms with van der Waals surface area (Å²) in [6, 6.07) is 7.70. The summed E-state index contributed by atoms with van der Waals surface area (Å²) in [7, 11) is 0. The zero-order valence-electron chi connectivity index (χ0n) is 9.47. The van der Waals surface area contributed by atoms with Crippen molar-refractivity contribution in [2.24, 2.45) is 0 Å². The lowest BCUT2D eigenvalue weighted by molar-refractivity contribution is 0.463. The maximum Gasteiger partial charge on any atom is 0.0906 e. The van der Waals surface area contributed by atoms with E-state index in [4.69, 9.17) is 11.6 Å². The average Bonchev–Trinajstić information content (AvgIpc) is 2.28. The molecule has 16 heavy (non-hydrogen) atoms. The zero-order chi connectivity index (χ0) is 11.8. The summed E-state index contributed by atoms with van der Waals surface area (Å²) in [6.45, 7) is 3.31. The fraction of sp³-hybridized carbons (Fsp3) is 0.385. The number of hydrogen-bond donors (Lipinski definition) is 1. The van der Waals surface area contributed by atoms with Crippen LogP contribution in [0.15, 0.2) is 29.8 Å². The molecule has 0 aromatic heterocycles. The van der Waals surface area contributed by atoms with E-state index in [1.807, 2.05) is 24.3 Å². The van der Waals surface area contributed by atoms with Gasteiger partial charge in [0.25, 0.3) is 0 Å². The van der Waals surface area contributed by atoms with Gasteiger partial charge in [-0.1, -0.05) is 35.4 Å². The quantitative estimate of drug-likeness (QED) is 0.749. The zero-order valence-corrected chi connectivity index (χ0v) is 10.2. The van der Waals surface area contributed by atoms with Crippen LogP contribution in [0.5, 0.6) is 0 Å². The first-order valence-corrected chi connectivity index (χ1v) is 5.79. The maximum atomic E-state index is 11.8. The van der Waals surface area contributed by atoms with Crippen LogP contribution in [0.4, 0.5) is 4.39 Å². The van der Waals surface area contributed by atoms with Gasteiger partial charge in [0.2, 0.25) is 0 Å². The van der Waals surface area contributed by atoms with E-state index in [0.29, 0.717) is 6.42 Å². The predicted molar refractivity (Wildman–Crippen MR) is 68.6 cm³/mol. The lowest BCUT2D eigenvalue weighted by Gasteiger charge is -2.03. The third-order valence-corrected chi connectivity index (χ3v) is 2.43. The third-order valence-electron chi connectivity index (χ3n) is 2.17. The molecule has 0 aliphatic heterocycles. The maximum absolute atomic E-state index is 11.8. The Morgan fingerprint density at radius 1 is 1.38 bits per heavy atom. The Balaban J connectivity index is 2.40. The lowest BCUT2D eigenvalue weighted by Crippen LogP contribution is -2.17. The molecule has 88 valence electrons. The molecule has 0 saturated carbocycles. The Morgan fingerprint density at radius 3 is 2.69 bits per heavy atom. The van der Waals surface area contributed by atoms with Gasteiger partial charge in [0.05, 0.1) is 6.67 Å². The van der Waals surface area contributed by atoms with Crippen molar-refractivity contribution in [3.8, 4) is 0 Å². The van der Waals surface area contributed by atoms with Gasteiger partial charge in [-0.15, -0.1) is 0 Å². The fourth-order valence-corrected chi connectivity index (χ4v) is 1.50. The van der Waals surface area contributed by atoms with Crippen LogP contribution < -0.4 is 5.32 Å². The van der Waals surface area contributed by atoms with Crippen LogP contribution in [0.2, 0.25) is 5.02 Å². The van der Waals surface area contributed by atoms with Crippen LogP contribution in [0.1, 0.15) is 18.9 Å². The first-order chi connectivity index (χ1) is 7.72. The molecule has 0 aliphatic carbocycles. The Labute approximate surface area is 101 Å². The first-order valence-electron chi connectivity index (χ1n) is 5.42. The summed E-state index contributed by atoms with van der Waals surface area (Å²) in [4.78, 5) is 0. The SMILES string of the molecule is C/C(=C/c1ccc(Cl)cc1)CNCCCF. The highest BCUT2D eigenvalue weighted by molar-refractivity contribution is 6.30. The van der Waals surface area contributed by atoms with E-state index < -0.39 is 0 Å². The number of halogens is 2. The van der Waals surface area contributed by atoms with Crippen molar-refractivity contribution in [2.75, 3.05) is 19.8 Å². The number of rotatable bonds is 6. The highest BCUT2D eigenvalue weighted by Gasteiger charge is 1.93. The summed E-state index contributed by atoms with van der Waals surface area (Å²) in [5.74, 6) is 0. The molecule has 0 spiro atoms. The van der Waals surface area contributed by atoms with Gasteiger partial charge >= 0.3 is 0 Å². The first kappa shape index (κ1) is 13.2. The van der Waals surface area contributed by atoms with E-state index in [-0.39, 0.29) is 6.67 Å². The summed E-state index contributed by atoms with van der Waals surface area (Å²) in [5, 5.41) is 3.93. The van der Waals surface area contributed by atoms with E-state index in [2.05, 4.69) is 18.3 Å². The molecule has 0 bridgehead atoms. The van der Waals surface area contributed by atoms with Gasteiger partial charge in [-0.05, 0) is 37.6 Å². The molecule has 0 radical (unpaired) electrons. The van der Waals surface area contributed by atoms with E-state index in [9.17, 15) is 4.39 Å². The van der Waals surface area contributed by atoms with E-state index in [1.165, 1.54) is 5.57 Å². The highest BCUT2D eigenvalue weighted by Crippen LogP contribution is 2.12. The van der Waals surface area contributed by atoms with Gasteiger partial charge in [-0.25, -0.2) is 0 Å². The second kappa shape index (κ2) is 7.42. The molecule has 0 unspecified atom stereocenters. The largest absolute Gasteiger partial charge is 0.313 e. The highest BCUT2D eigenvalue weighted by atomic mass is 35.5. The van der Waals surface area contributed by atoms with Gasteiger partial charge < -0.3 is 5.32 Å². The monoisotopic (exact) mass is 241 g/mol. The molecule has 1 aromatic rings. The van der Waals surface area contributed by atoms with Gasteiger partial charge in [0, 0.05) is 11.6 Å². The number of alkyl halides is 1. The van der Waals surface area contributed by atoms with Crippen LogP contribution >= 0.6 is 11.6 Å². The molecule has 1 rings (SSSR count). The molecule has 3 heteroatoms. The Morgan fingerprint density at radius 2 is 2.06 bits per heavy atom. The second-order valence-corrected chi connectivity index (χ2v) is 4.20. The molecule has 0 heterocycles. The van der Waals surface area contributed by atoms with Crippen LogP contribution in [-0.2, 0) is 0 Å². The molecule has 1 nitrogen and oxygen atoms in total. The van der Waals surface area contributed by atoms with Crippen molar-refractivity contribution in [1.29, 1.82) is 0 Å². The normalized spacial score (nSPS) is 11.8. The minimum atomic E-state index is -0.257. The van der Waals surface area contributed by atoms with Gasteiger partial charge in [0.1, 0.15) is 0 Å². The molecule has 0 amide bonds. The molecule has 1 aromatic carbocycles. The van der Waals surface area contributed by atoms with E-state index in [0.717, 1.165) is 23.7 Å². The predicted octanol–water partition coefficient (Wildman–Crippen LogP) is 3.69. The summed E-state index contributed by atoms with van der Waals surface area (Å²) in [5.41, 5.74) is 2.36. The Kier molecular flexibility index (Phi) is 6.12. The number of benzene rings is 1. The van der Waals surface area contributed by atoms with E-state index >= 15 is 0 Å². The van der Waals surface area contributed by atoms with Crippen LogP contribution in [0.25, 0.3) is 6.08 Å². The van der Waals surface area contributed by atoms with Gasteiger partial charge in [-0.3, -0.25) is 4.39 Å². The Hall–Kier alpha value is -0.860. The summed E-state index contributed by atoms with van der Waals surface area (Å²) < 4.78 is 11.8. The topological polar surface area (TPSA) is 12.0 Å². The summed E-state index contributed by atoms with van der Waals surface area (Å²) in [6.07, 6.45) is 2.67. The molecular formula is C13H17ClFN. The standard InChI is InChI=1S/C13H17ClFN/c1-11(10-16-8-2-7-15)9-12-3-5-13(14)6-4-12/h3-6,9,16H,2,7-8,10H2,1H3/b11-9-. The number of hydrogen-bond acceptors (Lipinski definition) is 1. The lowest BCUT2D eigenvalue weighted by atomic mass is 10.1. The van der Waals surface area contributed by atoms with Crippen molar-refractivity contribution in [3.63, 3.8) is 0 Å². The van der Waals surface area contributed by atoms with Crippen LogP contribution in [-0.4, -0.2) is 19.8 Å². The third kappa shape index (κ3) is 5.29. The van der Waals surface area contributed by atoms with Crippen molar-refractivity contribution < 1.29 is 4.39 Å². The molecule has 1 N–H and O–H groups in total. The molecule has 0 aliphatic rings. The van der Waals surface area contributed by atoms with Crippen molar-refractivity contribution in [3.05, 3.63) is 40.4 Å².